The average Bonchev–Trinajstić information content (AvgIpc) is 3.11. The van der Waals surface area contributed by atoms with Gasteiger partial charge in [-0.15, -0.1) is 11.3 Å². The molecule has 0 saturated carbocycles. The maximum Gasteiger partial charge on any atom is 0.371 e. The Kier molecular flexibility index (Phi) is 4.89. The Bertz CT molecular complexity index is 732. The molecule has 7 heteroatoms. The van der Waals surface area contributed by atoms with E-state index < -0.39 is 5.97 Å². The van der Waals surface area contributed by atoms with Crippen LogP contribution in [0, 0.1) is 6.92 Å². The van der Waals surface area contributed by atoms with E-state index in [-0.39, 0.29) is 23.5 Å². The average molecular weight is 336 g/mol. The van der Waals surface area contributed by atoms with Crippen LogP contribution in [0.1, 0.15) is 69.4 Å². The molecule has 1 atom stereocenters. The van der Waals surface area contributed by atoms with Crippen molar-refractivity contribution in [2.45, 2.75) is 39.7 Å². The number of amides is 1. The van der Waals surface area contributed by atoms with E-state index in [0.29, 0.717) is 5.92 Å². The molecule has 6 nitrogen and oxygen atoms in total. The molecule has 1 N–H and O–H groups in total. The van der Waals surface area contributed by atoms with Gasteiger partial charge in [0.2, 0.25) is 5.76 Å². The highest BCUT2D eigenvalue weighted by Gasteiger charge is 2.26. The van der Waals surface area contributed by atoms with E-state index in [9.17, 15) is 9.59 Å². The third-order valence-corrected chi connectivity index (χ3v) is 5.28. The second kappa shape index (κ2) is 6.54. The predicted octanol–water partition coefficient (Wildman–Crippen LogP) is 3.70. The SMILES string of the molecule is Cc1nc(C(C)C)sc1C(C)N(C)C(=O)c1ccc(C(=O)O)o1. The van der Waals surface area contributed by atoms with Crippen LogP contribution in [0.3, 0.4) is 0 Å². The third-order valence-electron chi connectivity index (χ3n) is 3.65. The zero-order chi connectivity index (χ0) is 17.3. The summed E-state index contributed by atoms with van der Waals surface area (Å²) in [5.41, 5.74) is 0.913. The van der Waals surface area contributed by atoms with E-state index in [1.165, 1.54) is 17.0 Å². The van der Waals surface area contributed by atoms with Crippen molar-refractivity contribution in [1.29, 1.82) is 0 Å². The number of aromatic carboxylic acids is 1. The molecule has 2 aromatic rings. The monoisotopic (exact) mass is 336 g/mol. The Labute approximate surface area is 138 Å². The largest absolute Gasteiger partial charge is 0.475 e. The minimum absolute atomic E-state index is 0.0167. The molecule has 0 fully saturated rings. The Hall–Kier alpha value is -2.15. The Morgan fingerprint density at radius 2 is 1.87 bits per heavy atom. The van der Waals surface area contributed by atoms with Gasteiger partial charge in [-0.2, -0.15) is 0 Å². The van der Waals surface area contributed by atoms with Crippen LogP contribution in [0.4, 0.5) is 0 Å². The van der Waals surface area contributed by atoms with Crippen molar-refractivity contribution < 1.29 is 19.1 Å². The highest BCUT2D eigenvalue weighted by molar-refractivity contribution is 7.11. The van der Waals surface area contributed by atoms with Gasteiger partial charge in [-0.25, -0.2) is 9.78 Å². The molecule has 2 heterocycles. The maximum atomic E-state index is 12.5. The van der Waals surface area contributed by atoms with Gasteiger partial charge >= 0.3 is 5.97 Å². The molecule has 0 aliphatic heterocycles. The third kappa shape index (κ3) is 3.44. The number of nitrogens with zero attached hydrogens (tertiary/aromatic N) is 2. The summed E-state index contributed by atoms with van der Waals surface area (Å²) in [4.78, 5) is 30.4. The maximum absolute atomic E-state index is 12.5. The summed E-state index contributed by atoms with van der Waals surface area (Å²) in [6.07, 6.45) is 0. The predicted molar refractivity (Wildman–Crippen MR) is 87.1 cm³/mol. The fourth-order valence-electron chi connectivity index (χ4n) is 2.16. The molecule has 0 aromatic carbocycles. The molecular formula is C16H20N2O4S. The van der Waals surface area contributed by atoms with Crippen molar-refractivity contribution in [3.8, 4) is 0 Å². The first-order valence-corrected chi connectivity index (χ1v) is 8.11. The van der Waals surface area contributed by atoms with Crippen molar-refractivity contribution in [2.75, 3.05) is 7.05 Å². The molecule has 23 heavy (non-hydrogen) atoms. The van der Waals surface area contributed by atoms with Gasteiger partial charge in [0.05, 0.1) is 16.7 Å². The first-order valence-electron chi connectivity index (χ1n) is 7.29. The number of carboxylic acids is 1. The van der Waals surface area contributed by atoms with Gasteiger partial charge in [0.1, 0.15) is 0 Å². The summed E-state index contributed by atoms with van der Waals surface area (Å²) in [6.45, 7) is 8.02. The highest BCUT2D eigenvalue weighted by atomic mass is 32.1. The molecule has 2 aromatic heterocycles. The van der Waals surface area contributed by atoms with E-state index in [1.54, 1.807) is 18.4 Å². The molecule has 124 valence electrons. The number of carbonyl (C=O) groups is 2. The molecule has 0 bridgehead atoms. The van der Waals surface area contributed by atoms with Crippen LogP contribution in [0.25, 0.3) is 0 Å². The number of carboxylic acid groups (broad SMARTS) is 1. The fourth-order valence-corrected chi connectivity index (χ4v) is 3.32. The van der Waals surface area contributed by atoms with E-state index in [0.717, 1.165) is 15.6 Å². The van der Waals surface area contributed by atoms with Crippen LogP contribution in [0.15, 0.2) is 16.5 Å². The zero-order valence-corrected chi connectivity index (χ0v) is 14.6. The summed E-state index contributed by atoms with van der Waals surface area (Å²) in [6, 6.07) is 2.49. The van der Waals surface area contributed by atoms with Crippen molar-refractivity contribution in [1.82, 2.24) is 9.88 Å². The normalized spacial score (nSPS) is 12.4. The summed E-state index contributed by atoms with van der Waals surface area (Å²) < 4.78 is 5.08. The minimum Gasteiger partial charge on any atom is -0.475 e. The number of thiazole rings is 1. The molecule has 1 unspecified atom stereocenters. The lowest BCUT2D eigenvalue weighted by molar-refractivity contribution is 0.0647. The fraction of sp³-hybridized carbons (Fsp3) is 0.438. The zero-order valence-electron chi connectivity index (χ0n) is 13.8. The first-order chi connectivity index (χ1) is 10.7. The van der Waals surface area contributed by atoms with Gasteiger partial charge in [-0.1, -0.05) is 13.8 Å². The lowest BCUT2D eigenvalue weighted by Crippen LogP contribution is -2.29. The van der Waals surface area contributed by atoms with Crippen molar-refractivity contribution in [3.63, 3.8) is 0 Å². The van der Waals surface area contributed by atoms with Crippen molar-refractivity contribution >= 4 is 23.2 Å². The number of hydrogen-bond acceptors (Lipinski definition) is 5. The Balaban J connectivity index is 2.22. The molecule has 0 saturated heterocycles. The Morgan fingerprint density at radius 1 is 1.26 bits per heavy atom. The van der Waals surface area contributed by atoms with Crippen molar-refractivity contribution in [3.05, 3.63) is 39.2 Å². The Morgan fingerprint density at radius 3 is 2.35 bits per heavy atom. The summed E-state index contributed by atoms with van der Waals surface area (Å²) in [5, 5.41) is 9.91. The lowest BCUT2D eigenvalue weighted by Gasteiger charge is -2.23. The molecule has 2 rings (SSSR count). The molecule has 0 aliphatic rings. The van der Waals surface area contributed by atoms with Gasteiger partial charge in [0.15, 0.2) is 5.76 Å². The van der Waals surface area contributed by atoms with Crippen molar-refractivity contribution in [2.24, 2.45) is 0 Å². The van der Waals surface area contributed by atoms with Gasteiger partial charge in [-0.3, -0.25) is 4.79 Å². The number of hydrogen-bond donors (Lipinski definition) is 1. The van der Waals surface area contributed by atoms with Crippen LogP contribution in [-0.4, -0.2) is 33.9 Å². The summed E-state index contributed by atoms with van der Waals surface area (Å²) in [5.74, 6) is -1.44. The second-order valence-electron chi connectivity index (χ2n) is 5.72. The van der Waals surface area contributed by atoms with E-state index in [1.807, 2.05) is 13.8 Å². The second-order valence-corrected chi connectivity index (χ2v) is 6.78. The molecule has 1 amide bonds. The summed E-state index contributed by atoms with van der Waals surface area (Å²) >= 11 is 1.60. The van der Waals surface area contributed by atoms with Gasteiger partial charge < -0.3 is 14.4 Å². The van der Waals surface area contributed by atoms with Crippen LogP contribution in [0.2, 0.25) is 0 Å². The number of aryl methyl sites for hydroxylation is 1. The molecular weight excluding hydrogens is 316 g/mol. The van der Waals surface area contributed by atoms with Crippen LogP contribution in [-0.2, 0) is 0 Å². The minimum atomic E-state index is -1.19. The van der Waals surface area contributed by atoms with E-state index in [2.05, 4.69) is 18.8 Å². The van der Waals surface area contributed by atoms with Gasteiger partial charge in [0.25, 0.3) is 5.91 Å². The van der Waals surface area contributed by atoms with E-state index in [4.69, 9.17) is 9.52 Å². The summed E-state index contributed by atoms with van der Waals surface area (Å²) in [7, 11) is 1.67. The molecule has 0 aliphatic carbocycles. The van der Waals surface area contributed by atoms with Crippen LogP contribution in [0.5, 0.6) is 0 Å². The number of aromatic nitrogens is 1. The lowest BCUT2D eigenvalue weighted by atomic mass is 10.2. The first kappa shape index (κ1) is 17.2. The smallest absolute Gasteiger partial charge is 0.371 e. The van der Waals surface area contributed by atoms with E-state index >= 15 is 0 Å². The number of furan rings is 1. The standard InChI is InChI=1S/C16H20N2O4S/c1-8(2)14-17-9(3)13(23-14)10(4)18(5)15(19)11-6-7-12(22-11)16(20)21/h6-8,10H,1-5H3,(H,20,21). The number of carbonyl (C=O) groups excluding carboxylic acids is 1. The van der Waals surface area contributed by atoms with Crippen LogP contribution < -0.4 is 0 Å². The van der Waals surface area contributed by atoms with Gasteiger partial charge in [0, 0.05) is 17.8 Å². The topological polar surface area (TPSA) is 83.6 Å². The number of rotatable bonds is 5. The molecule has 0 radical (unpaired) electrons. The molecule has 0 spiro atoms. The van der Waals surface area contributed by atoms with Gasteiger partial charge in [-0.05, 0) is 26.0 Å². The highest BCUT2D eigenvalue weighted by Crippen LogP contribution is 2.32. The quantitative estimate of drug-likeness (QED) is 0.900. The van der Waals surface area contributed by atoms with Crippen LogP contribution >= 0.6 is 11.3 Å².